The van der Waals surface area contributed by atoms with Crippen LogP contribution in [0.2, 0.25) is 0 Å². The summed E-state index contributed by atoms with van der Waals surface area (Å²) >= 11 is 0. The maximum absolute atomic E-state index is 6.76. The van der Waals surface area contributed by atoms with Gasteiger partial charge in [0.2, 0.25) is 0 Å². The van der Waals surface area contributed by atoms with E-state index in [2.05, 4.69) is 76.2 Å². The summed E-state index contributed by atoms with van der Waals surface area (Å²) in [6, 6.07) is 19.4. The van der Waals surface area contributed by atoms with Gasteiger partial charge in [-0.3, -0.25) is 0 Å². The van der Waals surface area contributed by atoms with E-state index in [1.807, 2.05) is 6.07 Å². The van der Waals surface area contributed by atoms with Gasteiger partial charge in [-0.1, -0.05) is 82.3 Å². The zero-order valence-corrected chi connectivity index (χ0v) is 14.4. The van der Waals surface area contributed by atoms with E-state index in [9.17, 15) is 0 Å². The quantitative estimate of drug-likeness (QED) is 0.761. The molecular weight excluding hydrogens is 266 g/mol. The lowest BCUT2D eigenvalue weighted by Crippen LogP contribution is -2.37. The first-order chi connectivity index (χ1) is 10.5. The van der Waals surface area contributed by atoms with Crippen molar-refractivity contribution >= 4 is 0 Å². The minimum atomic E-state index is -0.408. The van der Waals surface area contributed by atoms with Crippen LogP contribution in [-0.4, -0.2) is 0 Å². The Bertz CT molecular complexity index is 581. The molecule has 0 saturated heterocycles. The van der Waals surface area contributed by atoms with Crippen LogP contribution in [0.4, 0.5) is 0 Å². The number of benzene rings is 2. The highest BCUT2D eigenvalue weighted by molar-refractivity contribution is 5.40. The van der Waals surface area contributed by atoms with Gasteiger partial charge in [-0.2, -0.15) is 0 Å². The van der Waals surface area contributed by atoms with Crippen molar-refractivity contribution in [1.82, 2.24) is 0 Å². The van der Waals surface area contributed by atoms with E-state index in [4.69, 9.17) is 5.73 Å². The number of nitrogens with two attached hydrogens (primary N) is 1. The molecule has 2 aromatic carbocycles. The fourth-order valence-corrected chi connectivity index (χ4v) is 3.14. The Morgan fingerprint density at radius 3 is 1.59 bits per heavy atom. The fourth-order valence-electron chi connectivity index (χ4n) is 3.14. The van der Waals surface area contributed by atoms with Crippen molar-refractivity contribution in [3.63, 3.8) is 0 Å². The first-order valence-corrected chi connectivity index (χ1v) is 8.45. The van der Waals surface area contributed by atoms with Gasteiger partial charge in [-0.05, 0) is 41.4 Å². The van der Waals surface area contributed by atoms with E-state index in [1.165, 1.54) is 16.7 Å². The monoisotopic (exact) mass is 295 g/mol. The average Bonchev–Trinajstić information content (AvgIpc) is 2.61. The summed E-state index contributed by atoms with van der Waals surface area (Å²) in [5, 5.41) is 0. The van der Waals surface area contributed by atoms with Crippen LogP contribution in [-0.2, 0) is 11.0 Å². The molecule has 0 fully saturated rings. The molecular formula is C21H29N. The molecule has 0 aliphatic rings. The third-order valence-corrected chi connectivity index (χ3v) is 5.50. The highest BCUT2D eigenvalue weighted by Gasteiger charge is 2.28. The molecule has 1 unspecified atom stereocenters. The second-order valence-electron chi connectivity index (χ2n) is 6.54. The molecule has 0 bridgehead atoms. The van der Waals surface area contributed by atoms with Crippen LogP contribution in [0.1, 0.15) is 63.6 Å². The standard InChI is InChI=1S/C21H29N/c1-5-20(4,6-2)17-13-15-19(16-14-17)21(22,7-3)18-11-9-8-10-12-18/h8-16H,5-7,22H2,1-4H3. The van der Waals surface area contributed by atoms with Crippen molar-refractivity contribution in [3.05, 3.63) is 71.3 Å². The summed E-state index contributed by atoms with van der Waals surface area (Å²) < 4.78 is 0. The third-order valence-electron chi connectivity index (χ3n) is 5.50. The molecule has 1 atom stereocenters. The maximum atomic E-state index is 6.76. The van der Waals surface area contributed by atoms with Crippen molar-refractivity contribution in [2.24, 2.45) is 5.73 Å². The first-order valence-electron chi connectivity index (χ1n) is 8.45. The van der Waals surface area contributed by atoms with Crippen molar-refractivity contribution in [1.29, 1.82) is 0 Å². The van der Waals surface area contributed by atoms with Crippen molar-refractivity contribution < 1.29 is 0 Å². The molecule has 2 rings (SSSR count). The minimum absolute atomic E-state index is 0.259. The fraction of sp³-hybridized carbons (Fsp3) is 0.429. The van der Waals surface area contributed by atoms with Gasteiger partial charge in [0.1, 0.15) is 0 Å². The molecule has 118 valence electrons. The third kappa shape index (κ3) is 2.96. The molecule has 0 spiro atoms. The van der Waals surface area contributed by atoms with Gasteiger partial charge in [0.15, 0.2) is 0 Å². The lowest BCUT2D eigenvalue weighted by atomic mass is 9.76. The molecule has 0 saturated carbocycles. The lowest BCUT2D eigenvalue weighted by Gasteiger charge is -2.32. The van der Waals surface area contributed by atoms with Crippen LogP contribution >= 0.6 is 0 Å². The summed E-state index contributed by atoms with van der Waals surface area (Å²) in [5.41, 5.74) is 10.4. The molecule has 2 aromatic rings. The Labute approximate surface area is 135 Å². The van der Waals surface area contributed by atoms with Crippen molar-refractivity contribution in [3.8, 4) is 0 Å². The Morgan fingerprint density at radius 2 is 1.14 bits per heavy atom. The summed E-state index contributed by atoms with van der Waals surface area (Å²) in [4.78, 5) is 0. The molecule has 22 heavy (non-hydrogen) atoms. The lowest BCUT2D eigenvalue weighted by molar-refractivity contribution is 0.438. The van der Waals surface area contributed by atoms with E-state index in [1.54, 1.807) is 0 Å². The zero-order chi connectivity index (χ0) is 16.2. The minimum Gasteiger partial charge on any atom is -0.318 e. The smallest absolute Gasteiger partial charge is 0.0662 e. The second-order valence-corrected chi connectivity index (χ2v) is 6.54. The maximum Gasteiger partial charge on any atom is 0.0662 e. The van der Waals surface area contributed by atoms with Crippen LogP contribution in [0.5, 0.6) is 0 Å². The van der Waals surface area contributed by atoms with Gasteiger partial charge >= 0.3 is 0 Å². The van der Waals surface area contributed by atoms with Crippen LogP contribution in [0.3, 0.4) is 0 Å². The summed E-state index contributed by atoms with van der Waals surface area (Å²) in [6.45, 7) is 9.03. The topological polar surface area (TPSA) is 26.0 Å². The Kier molecular flexibility index (Phi) is 5.08. The molecule has 0 aliphatic carbocycles. The Hall–Kier alpha value is -1.60. The molecule has 0 heterocycles. The summed E-state index contributed by atoms with van der Waals surface area (Å²) in [7, 11) is 0. The van der Waals surface area contributed by atoms with Crippen LogP contribution in [0.15, 0.2) is 54.6 Å². The van der Waals surface area contributed by atoms with Gasteiger partial charge in [0.25, 0.3) is 0 Å². The molecule has 1 nitrogen and oxygen atoms in total. The predicted octanol–water partition coefficient (Wildman–Crippen LogP) is 5.38. The Balaban J connectivity index is 2.40. The molecule has 0 aromatic heterocycles. The highest BCUT2D eigenvalue weighted by atomic mass is 14.7. The van der Waals surface area contributed by atoms with E-state index in [-0.39, 0.29) is 5.41 Å². The second kappa shape index (κ2) is 6.66. The number of hydrogen-bond donors (Lipinski definition) is 1. The summed E-state index contributed by atoms with van der Waals surface area (Å²) in [6.07, 6.45) is 3.20. The molecule has 2 N–H and O–H groups in total. The van der Waals surface area contributed by atoms with Crippen LogP contribution in [0.25, 0.3) is 0 Å². The highest BCUT2D eigenvalue weighted by Crippen LogP contribution is 2.34. The van der Waals surface area contributed by atoms with E-state index < -0.39 is 5.54 Å². The predicted molar refractivity (Wildman–Crippen MR) is 96.1 cm³/mol. The van der Waals surface area contributed by atoms with E-state index >= 15 is 0 Å². The molecule has 0 aliphatic heterocycles. The van der Waals surface area contributed by atoms with Gasteiger partial charge < -0.3 is 5.73 Å². The first kappa shape index (κ1) is 16.8. The Morgan fingerprint density at radius 1 is 0.682 bits per heavy atom. The van der Waals surface area contributed by atoms with Gasteiger partial charge in [0.05, 0.1) is 5.54 Å². The van der Waals surface area contributed by atoms with Gasteiger partial charge in [-0.15, -0.1) is 0 Å². The van der Waals surface area contributed by atoms with Gasteiger partial charge in [0, 0.05) is 0 Å². The number of hydrogen-bond acceptors (Lipinski definition) is 1. The molecule has 1 heteroatoms. The van der Waals surface area contributed by atoms with Crippen LogP contribution in [0, 0.1) is 0 Å². The molecule has 0 radical (unpaired) electrons. The molecule has 0 amide bonds. The largest absolute Gasteiger partial charge is 0.318 e. The normalized spacial score (nSPS) is 14.6. The summed E-state index contributed by atoms with van der Waals surface area (Å²) in [5.74, 6) is 0. The zero-order valence-electron chi connectivity index (χ0n) is 14.4. The van der Waals surface area contributed by atoms with E-state index in [0.29, 0.717) is 0 Å². The van der Waals surface area contributed by atoms with Crippen molar-refractivity contribution in [2.45, 2.75) is 57.9 Å². The van der Waals surface area contributed by atoms with E-state index in [0.717, 1.165) is 19.3 Å². The SMILES string of the molecule is CCC(C)(CC)c1ccc(C(N)(CC)c2ccccc2)cc1. The average molecular weight is 295 g/mol. The van der Waals surface area contributed by atoms with Gasteiger partial charge in [-0.25, -0.2) is 0 Å². The number of rotatable bonds is 6. The van der Waals surface area contributed by atoms with Crippen LogP contribution < -0.4 is 5.73 Å². The van der Waals surface area contributed by atoms with Crippen molar-refractivity contribution in [2.75, 3.05) is 0 Å².